The first kappa shape index (κ1) is 22.7. The van der Waals surface area contributed by atoms with E-state index < -0.39 is 11.7 Å². The lowest BCUT2D eigenvalue weighted by Gasteiger charge is -2.12. The molecule has 0 bridgehead atoms. The average Bonchev–Trinajstić information content (AvgIpc) is 3.47. The molecule has 0 saturated heterocycles. The van der Waals surface area contributed by atoms with Crippen LogP contribution in [0.3, 0.4) is 0 Å². The molecule has 1 amide bonds. The summed E-state index contributed by atoms with van der Waals surface area (Å²) in [5.74, 6) is 1.29. The van der Waals surface area contributed by atoms with Gasteiger partial charge in [-0.25, -0.2) is 0 Å². The Labute approximate surface area is 189 Å². The largest absolute Gasteiger partial charge is 0.497 e. The molecule has 2 atom stereocenters. The van der Waals surface area contributed by atoms with Crippen LogP contribution in [-0.2, 0) is 17.5 Å². The van der Waals surface area contributed by atoms with Crippen molar-refractivity contribution in [1.82, 2.24) is 15.5 Å². The van der Waals surface area contributed by atoms with Gasteiger partial charge in [0.05, 0.1) is 12.7 Å². The molecule has 3 aromatic rings. The predicted molar refractivity (Wildman–Crippen MR) is 118 cm³/mol. The van der Waals surface area contributed by atoms with Crippen LogP contribution >= 0.6 is 0 Å². The molecular weight excluding hydrogens is 433 g/mol. The van der Waals surface area contributed by atoms with Crippen LogP contribution < -0.4 is 15.4 Å². The van der Waals surface area contributed by atoms with Gasteiger partial charge in [0.25, 0.3) is 0 Å². The fourth-order valence-corrected chi connectivity index (χ4v) is 4.11. The Kier molecular flexibility index (Phi) is 6.57. The summed E-state index contributed by atoms with van der Waals surface area (Å²) in [6, 6.07) is 14.3. The molecule has 2 aromatic carbocycles. The van der Waals surface area contributed by atoms with Gasteiger partial charge in [-0.1, -0.05) is 18.2 Å². The van der Waals surface area contributed by atoms with E-state index in [0.717, 1.165) is 42.0 Å². The normalized spacial score (nSPS) is 18.2. The zero-order valence-electron chi connectivity index (χ0n) is 18.1. The Morgan fingerprint density at radius 2 is 1.94 bits per heavy atom. The van der Waals surface area contributed by atoms with Crippen molar-refractivity contribution in [2.75, 3.05) is 12.4 Å². The van der Waals surface area contributed by atoms with Crippen LogP contribution in [0.15, 0.2) is 54.6 Å². The highest BCUT2D eigenvalue weighted by Gasteiger charge is 2.32. The van der Waals surface area contributed by atoms with Crippen LogP contribution in [0.5, 0.6) is 5.75 Å². The highest BCUT2D eigenvalue weighted by molar-refractivity contribution is 5.79. The Balaban J connectivity index is 1.31. The van der Waals surface area contributed by atoms with Gasteiger partial charge in [-0.2, -0.15) is 18.3 Å². The van der Waals surface area contributed by atoms with E-state index in [0.29, 0.717) is 24.5 Å². The molecule has 33 heavy (non-hydrogen) atoms. The van der Waals surface area contributed by atoms with E-state index in [2.05, 4.69) is 20.8 Å². The van der Waals surface area contributed by atoms with Gasteiger partial charge in [0.1, 0.15) is 5.75 Å². The number of aromatic amines is 1. The fraction of sp³-hybridized carbons (Fsp3) is 0.333. The third-order valence-corrected chi connectivity index (χ3v) is 5.93. The maximum Gasteiger partial charge on any atom is 0.416 e. The third-order valence-electron chi connectivity index (χ3n) is 5.93. The van der Waals surface area contributed by atoms with Gasteiger partial charge in [-0.05, 0) is 55.2 Å². The summed E-state index contributed by atoms with van der Waals surface area (Å²) in [6.07, 6.45) is -2.10. The Bertz CT molecular complexity index is 1100. The van der Waals surface area contributed by atoms with Gasteiger partial charge in [0.15, 0.2) is 5.82 Å². The van der Waals surface area contributed by atoms with Crippen LogP contribution in [-0.4, -0.2) is 23.2 Å². The molecule has 3 N–H and O–H groups in total. The number of nitrogens with one attached hydrogen (secondary N) is 3. The standard InChI is InChI=1S/C24H25F3N4O2/c1-33-20-9-5-15(6-10-20)14-28-23(32)17-8-7-16(11-17)21-13-22(31-30-21)29-19-4-2-3-18(12-19)24(25,26)27/h2-6,9-10,12-13,16-17H,7-8,11,14H2,1H3,(H,28,32)(H2,29,30,31). The second-order valence-corrected chi connectivity index (χ2v) is 8.18. The molecule has 6 nitrogen and oxygen atoms in total. The summed E-state index contributed by atoms with van der Waals surface area (Å²) in [5, 5.41) is 13.0. The number of carbonyl (C=O) groups excluding carboxylic acids is 1. The number of benzene rings is 2. The molecule has 1 fully saturated rings. The molecule has 1 heterocycles. The SMILES string of the molecule is COc1ccc(CNC(=O)C2CCC(c3cc(Nc4cccc(C(F)(F)F)c4)n[nH]3)C2)cc1. The number of methoxy groups -OCH3 is 1. The van der Waals surface area contributed by atoms with Crippen LogP contribution in [0, 0.1) is 5.92 Å². The maximum absolute atomic E-state index is 12.9. The topological polar surface area (TPSA) is 79.0 Å². The summed E-state index contributed by atoms with van der Waals surface area (Å²) in [6.45, 7) is 0.457. The van der Waals surface area contributed by atoms with Gasteiger partial charge in [-0.3, -0.25) is 9.89 Å². The lowest BCUT2D eigenvalue weighted by molar-refractivity contribution is -0.137. The monoisotopic (exact) mass is 458 g/mol. The van der Waals surface area contributed by atoms with Crippen molar-refractivity contribution in [3.63, 3.8) is 0 Å². The number of anilines is 2. The van der Waals surface area contributed by atoms with E-state index in [4.69, 9.17) is 4.74 Å². The molecule has 4 rings (SSSR count). The average molecular weight is 458 g/mol. The number of aromatic nitrogens is 2. The minimum atomic E-state index is -4.40. The molecule has 0 spiro atoms. The molecule has 0 radical (unpaired) electrons. The van der Waals surface area contributed by atoms with E-state index in [1.54, 1.807) is 19.2 Å². The first-order valence-electron chi connectivity index (χ1n) is 10.7. The number of nitrogens with zero attached hydrogens (tertiary/aromatic N) is 1. The Morgan fingerprint density at radius 1 is 1.15 bits per heavy atom. The second kappa shape index (κ2) is 9.56. The van der Waals surface area contributed by atoms with E-state index in [1.807, 2.05) is 24.3 Å². The summed E-state index contributed by atoms with van der Waals surface area (Å²) < 4.78 is 43.9. The van der Waals surface area contributed by atoms with Gasteiger partial charge in [-0.15, -0.1) is 0 Å². The number of amides is 1. The number of hydrogen-bond donors (Lipinski definition) is 3. The summed E-state index contributed by atoms with van der Waals surface area (Å²) in [7, 11) is 1.61. The van der Waals surface area contributed by atoms with Crippen molar-refractivity contribution in [3.05, 3.63) is 71.4 Å². The highest BCUT2D eigenvalue weighted by atomic mass is 19.4. The lowest BCUT2D eigenvalue weighted by atomic mass is 10.0. The molecule has 1 aliphatic carbocycles. The predicted octanol–water partition coefficient (Wildman–Crippen LogP) is 5.38. The van der Waals surface area contributed by atoms with Crippen molar-refractivity contribution in [3.8, 4) is 5.75 Å². The smallest absolute Gasteiger partial charge is 0.416 e. The van der Waals surface area contributed by atoms with Crippen LogP contribution in [0.25, 0.3) is 0 Å². The first-order chi connectivity index (χ1) is 15.8. The minimum Gasteiger partial charge on any atom is -0.497 e. The molecule has 1 saturated carbocycles. The Hall–Kier alpha value is -3.49. The van der Waals surface area contributed by atoms with Crippen molar-refractivity contribution in [2.24, 2.45) is 5.92 Å². The molecule has 174 valence electrons. The minimum absolute atomic E-state index is 0.0233. The molecule has 1 aliphatic rings. The first-order valence-corrected chi connectivity index (χ1v) is 10.7. The quantitative estimate of drug-likeness (QED) is 0.444. The molecule has 1 aromatic heterocycles. The fourth-order valence-electron chi connectivity index (χ4n) is 4.11. The number of hydrogen-bond acceptors (Lipinski definition) is 4. The molecular formula is C24H25F3N4O2. The number of H-pyrrole nitrogens is 1. The van der Waals surface area contributed by atoms with E-state index in [-0.39, 0.29) is 17.7 Å². The van der Waals surface area contributed by atoms with Gasteiger partial charge in [0.2, 0.25) is 5.91 Å². The van der Waals surface area contributed by atoms with Crippen molar-refractivity contribution in [2.45, 2.75) is 37.9 Å². The van der Waals surface area contributed by atoms with Crippen LogP contribution in [0.4, 0.5) is 24.7 Å². The zero-order chi connectivity index (χ0) is 23.4. The van der Waals surface area contributed by atoms with E-state index in [1.165, 1.54) is 6.07 Å². The number of alkyl halides is 3. The number of ether oxygens (including phenoxy) is 1. The zero-order valence-corrected chi connectivity index (χ0v) is 18.1. The second-order valence-electron chi connectivity index (χ2n) is 8.18. The van der Waals surface area contributed by atoms with Crippen LogP contribution in [0.2, 0.25) is 0 Å². The van der Waals surface area contributed by atoms with Crippen LogP contribution in [0.1, 0.15) is 42.0 Å². The summed E-state index contributed by atoms with van der Waals surface area (Å²) >= 11 is 0. The highest BCUT2D eigenvalue weighted by Crippen LogP contribution is 2.38. The van der Waals surface area contributed by atoms with E-state index in [9.17, 15) is 18.0 Å². The molecule has 2 unspecified atom stereocenters. The summed E-state index contributed by atoms with van der Waals surface area (Å²) in [4.78, 5) is 12.6. The number of halogens is 3. The third kappa shape index (κ3) is 5.66. The summed E-state index contributed by atoms with van der Waals surface area (Å²) in [5.41, 5.74) is 1.46. The van der Waals surface area contributed by atoms with Gasteiger partial charge in [0, 0.05) is 35.8 Å². The number of rotatable bonds is 7. The van der Waals surface area contributed by atoms with Gasteiger partial charge >= 0.3 is 6.18 Å². The number of carbonyl (C=O) groups is 1. The Morgan fingerprint density at radius 3 is 2.67 bits per heavy atom. The van der Waals surface area contributed by atoms with Crippen molar-refractivity contribution >= 4 is 17.4 Å². The van der Waals surface area contributed by atoms with Crippen molar-refractivity contribution in [1.29, 1.82) is 0 Å². The molecule has 9 heteroatoms. The van der Waals surface area contributed by atoms with E-state index >= 15 is 0 Å². The molecule has 0 aliphatic heterocycles. The van der Waals surface area contributed by atoms with Crippen molar-refractivity contribution < 1.29 is 22.7 Å². The van der Waals surface area contributed by atoms with Gasteiger partial charge < -0.3 is 15.4 Å². The maximum atomic E-state index is 12.9. The lowest BCUT2D eigenvalue weighted by Crippen LogP contribution is -2.28.